The molecule has 1 atom stereocenters. The standard InChI is InChI=1S/C17H11BrF3NO3/c18-11-4-5-13-9(6-11)7-14(25-16(13)24)15(23)22-12-3-1-2-10(8-12)17(19,20)21/h1-6,8,14H,7H2,(H,22,23). The van der Waals surface area contributed by atoms with Gasteiger partial charge in [0.1, 0.15) is 0 Å². The summed E-state index contributed by atoms with van der Waals surface area (Å²) in [6.07, 6.45) is -5.47. The lowest BCUT2D eigenvalue weighted by Gasteiger charge is -2.24. The summed E-state index contributed by atoms with van der Waals surface area (Å²) in [4.78, 5) is 24.3. The number of hydrogen-bond acceptors (Lipinski definition) is 3. The first-order valence-corrected chi connectivity index (χ1v) is 8.01. The van der Waals surface area contributed by atoms with E-state index in [1.54, 1.807) is 18.2 Å². The highest BCUT2D eigenvalue weighted by molar-refractivity contribution is 9.10. The number of anilines is 1. The lowest BCUT2D eigenvalue weighted by Crippen LogP contribution is -2.38. The van der Waals surface area contributed by atoms with E-state index in [9.17, 15) is 22.8 Å². The Morgan fingerprint density at radius 2 is 1.96 bits per heavy atom. The Kier molecular flexibility index (Phi) is 4.55. The molecule has 0 radical (unpaired) electrons. The van der Waals surface area contributed by atoms with Gasteiger partial charge < -0.3 is 10.1 Å². The molecule has 1 aliphatic rings. The fourth-order valence-corrected chi connectivity index (χ4v) is 2.92. The SMILES string of the molecule is O=C1OC(C(=O)Nc2cccc(C(F)(F)F)c2)Cc2cc(Br)ccc21. The Hall–Kier alpha value is -2.35. The van der Waals surface area contributed by atoms with Gasteiger partial charge in [0.2, 0.25) is 0 Å². The number of nitrogens with one attached hydrogen (secondary N) is 1. The zero-order chi connectivity index (χ0) is 18.2. The number of rotatable bonds is 2. The van der Waals surface area contributed by atoms with Gasteiger partial charge in [-0.2, -0.15) is 13.2 Å². The quantitative estimate of drug-likeness (QED) is 0.751. The number of fused-ring (bicyclic) bond motifs is 1. The van der Waals surface area contributed by atoms with Crippen molar-refractivity contribution in [3.05, 3.63) is 63.6 Å². The van der Waals surface area contributed by atoms with Crippen molar-refractivity contribution >= 4 is 33.5 Å². The third-order valence-corrected chi connectivity index (χ3v) is 4.18. The van der Waals surface area contributed by atoms with Crippen LogP contribution >= 0.6 is 15.9 Å². The minimum absolute atomic E-state index is 0.0177. The topological polar surface area (TPSA) is 55.4 Å². The average molecular weight is 414 g/mol. The summed E-state index contributed by atoms with van der Waals surface area (Å²) >= 11 is 3.29. The Bertz CT molecular complexity index is 851. The molecule has 0 saturated carbocycles. The predicted molar refractivity (Wildman–Crippen MR) is 87.1 cm³/mol. The first-order valence-electron chi connectivity index (χ1n) is 7.21. The van der Waals surface area contributed by atoms with Crippen molar-refractivity contribution in [3.63, 3.8) is 0 Å². The number of hydrogen-bond donors (Lipinski definition) is 1. The molecule has 1 amide bonds. The molecular weight excluding hydrogens is 403 g/mol. The Morgan fingerprint density at radius 1 is 1.20 bits per heavy atom. The van der Waals surface area contributed by atoms with Crippen LogP contribution in [0.1, 0.15) is 21.5 Å². The van der Waals surface area contributed by atoms with Crippen LogP contribution in [0.15, 0.2) is 46.9 Å². The summed E-state index contributed by atoms with van der Waals surface area (Å²) in [6.45, 7) is 0. The maximum Gasteiger partial charge on any atom is 0.416 e. The number of carbonyl (C=O) groups is 2. The average Bonchev–Trinajstić information content (AvgIpc) is 2.53. The third kappa shape index (κ3) is 3.84. The molecule has 1 unspecified atom stereocenters. The molecule has 0 saturated heterocycles. The van der Waals surface area contributed by atoms with Gasteiger partial charge in [-0.05, 0) is 42.0 Å². The van der Waals surface area contributed by atoms with Crippen molar-refractivity contribution in [2.75, 3.05) is 5.32 Å². The van der Waals surface area contributed by atoms with Crippen LogP contribution in [0.3, 0.4) is 0 Å². The number of benzene rings is 2. The Labute approximate surface area is 149 Å². The molecule has 25 heavy (non-hydrogen) atoms. The van der Waals surface area contributed by atoms with Crippen molar-refractivity contribution in [1.82, 2.24) is 0 Å². The number of cyclic esters (lactones) is 1. The summed E-state index contributed by atoms with van der Waals surface area (Å²) in [7, 11) is 0. The number of ether oxygens (including phenoxy) is 1. The van der Waals surface area contributed by atoms with Crippen LogP contribution in [-0.2, 0) is 22.1 Å². The van der Waals surface area contributed by atoms with Gasteiger partial charge in [0.25, 0.3) is 5.91 Å². The fraction of sp³-hybridized carbons (Fsp3) is 0.176. The molecule has 3 rings (SSSR count). The van der Waals surface area contributed by atoms with Gasteiger partial charge in [-0.1, -0.05) is 22.0 Å². The van der Waals surface area contributed by atoms with Gasteiger partial charge >= 0.3 is 12.1 Å². The number of alkyl halides is 3. The molecule has 0 fully saturated rings. The van der Waals surface area contributed by atoms with E-state index < -0.39 is 29.7 Å². The van der Waals surface area contributed by atoms with E-state index in [1.807, 2.05) is 0 Å². The number of esters is 1. The molecule has 1 aliphatic heterocycles. The molecule has 4 nitrogen and oxygen atoms in total. The molecule has 0 bridgehead atoms. The number of amides is 1. The molecule has 0 aromatic heterocycles. The maximum absolute atomic E-state index is 12.7. The van der Waals surface area contributed by atoms with E-state index in [-0.39, 0.29) is 12.1 Å². The van der Waals surface area contributed by atoms with E-state index >= 15 is 0 Å². The highest BCUT2D eigenvalue weighted by Gasteiger charge is 2.33. The van der Waals surface area contributed by atoms with Crippen molar-refractivity contribution in [2.45, 2.75) is 18.7 Å². The highest BCUT2D eigenvalue weighted by Crippen LogP contribution is 2.31. The van der Waals surface area contributed by atoms with Crippen LogP contribution in [0.4, 0.5) is 18.9 Å². The number of carbonyl (C=O) groups excluding carboxylic acids is 2. The van der Waals surface area contributed by atoms with E-state index in [4.69, 9.17) is 4.74 Å². The van der Waals surface area contributed by atoms with Gasteiger partial charge in [-0.3, -0.25) is 4.79 Å². The highest BCUT2D eigenvalue weighted by atomic mass is 79.9. The zero-order valence-corrected chi connectivity index (χ0v) is 14.1. The minimum Gasteiger partial charge on any atom is -0.448 e. The van der Waals surface area contributed by atoms with Gasteiger partial charge in [0.05, 0.1) is 11.1 Å². The zero-order valence-electron chi connectivity index (χ0n) is 12.6. The molecular formula is C17H11BrF3NO3. The van der Waals surface area contributed by atoms with Gasteiger partial charge in [0.15, 0.2) is 6.10 Å². The Balaban J connectivity index is 1.78. The van der Waals surface area contributed by atoms with Crippen molar-refractivity contribution < 1.29 is 27.5 Å². The normalized spacial score (nSPS) is 16.8. The minimum atomic E-state index is -4.51. The Morgan fingerprint density at radius 3 is 2.68 bits per heavy atom. The molecule has 1 heterocycles. The first-order chi connectivity index (χ1) is 11.7. The van der Waals surface area contributed by atoms with Crippen molar-refractivity contribution in [3.8, 4) is 0 Å². The van der Waals surface area contributed by atoms with Crippen LogP contribution in [-0.4, -0.2) is 18.0 Å². The van der Waals surface area contributed by atoms with Crippen LogP contribution in [0, 0.1) is 0 Å². The van der Waals surface area contributed by atoms with Gasteiger partial charge in [-0.15, -0.1) is 0 Å². The molecule has 1 N–H and O–H groups in total. The molecule has 2 aromatic rings. The lowest BCUT2D eigenvalue weighted by molar-refractivity contribution is -0.137. The third-order valence-electron chi connectivity index (χ3n) is 3.69. The summed E-state index contributed by atoms with van der Waals surface area (Å²) in [6, 6.07) is 9.24. The van der Waals surface area contributed by atoms with Crippen LogP contribution in [0.25, 0.3) is 0 Å². The molecule has 0 spiro atoms. The van der Waals surface area contributed by atoms with Crippen LogP contribution < -0.4 is 5.32 Å². The molecule has 130 valence electrons. The number of halogens is 4. The maximum atomic E-state index is 12.7. The molecule has 2 aromatic carbocycles. The fourth-order valence-electron chi connectivity index (χ4n) is 2.51. The summed E-state index contributed by atoms with van der Waals surface area (Å²) < 4.78 is 44.0. The van der Waals surface area contributed by atoms with Crippen molar-refractivity contribution in [1.29, 1.82) is 0 Å². The summed E-state index contributed by atoms with van der Waals surface area (Å²) in [5.74, 6) is -1.32. The van der Waals surface area contributed by atoms with Crippen LogP contribution in [0.2, 0.25) is 0 Å². The largest absolute Gasteiger partial charge is 0.448 e. The van der Waals surface area contributed by atoms with Crippen molar-refractivity contribution in [2.24, 2.45) is 0 Å². The second-order valence-electron chi connectivity index (χ2n) is 5.47. The lowest BCUT2D eigenvalue weighted by atomic mass is 9.98. The summed E-state index contributed by atoms with van der Waals surface area (Å²) in [5, 5.41) is 2.36. The van der Waals surface area contributed by atoms with Gasteiger partial charge in [-0.25, -0.2) is 4.79 Å². The second-order valence-corrected chi connectivity index (χ2v) is 6.38. The predicted octanol–water partition coefficient (Wildman–Crippen LogP) is 4.19. The van der Waals surface area contributed by atoms with E-state index in [0.29, 0.717) is 11.1 Å². The van der Waals surface area contributed by atoms with Crippen LogP contribution in [0.5, 0.6) is 0 Å². The molecule has 8 heteroatoms. The van der Waals surface area contributed by atoms with Gasteiger partial charge in [0, 0.05) is 16.6 Å². The summed E-state index contributed by atoms with van der Waals surface area (Å²) in [5.41, 5.74) is 0.109. The molecule has 0 aliphatic carbocycles. The van der Waals surface area contributed by atoms with E-state index in [0.717, 1.165) is 16.6 Å². The van der Waals surface area contributed by atoms with E-state index in [2.05, 4.69) is 21.2 Å². The first kappa shape index (κ1) is 17.5. The smallest absolute Gasteiger partial charge is 0.416 e. The van der Waals surface area contributed by atoms with E-state index in [1.165, 1.54) is 12.1 Å². The monoisotopic (exact) mass is 413 g/mol. The second kappa shape index (κ2) is 6.51.